The van der Waals surface area contributed by atoms with Crippen molar-refractivity contribution in [3.63, 3.8) is 0 Å². The molecule has 2 aromatic carbocycles. The summed E-state index contributed by atoms with van der Waals surface area (Å²) >= 11 is 0. The summed E-state index contributed by atoms with van der Waals surface area (Å²) in [5.74, 6) is 0. The van der Waals surface area contributed by atoms with E-state index in [1.165, 1.54) is 0 Å². The lowest BCUT2D eigenvalue weighted by Crippen LogP contribution is -2.09. The monoisotopic (exact) mass is 240 g/mol. The van der Waals surface area contributed by atoms with Gasteiger partial charge in [0.05, 0.1) is 0 Å². The van der Waals surface area contributed by atoms with Crippen LogP contribution in [-0.4, -0.2) is 10.2 Å². The van der Waals surface area contributed by atoms with Gasteiger partial charge < -0.3 is 10.2 Å². The van der Waals surface area contributed by atoms with Gasteiger partial charge in [0.15, 0.2) is 0 Å². The van der Waals surface area contributed by atoms with E-state index < -0.39 is 12.2 Å². The second-order valence-corrected chi connectivity index (χ2v) is 4.20. The zero-order chi connectivity index (χ0) is 13.0. The molecular formula is C16H16O2. The smallest absolute Gasteiger partial charge is 0.103 e. The maximum atomic E-state index is 10.2. The molecule has 0 aliphatic rings. The highest BCUT2D eigenvalue weighted by Gasteiger charge is 2.19. The minimum Gasteiger partial charge on any atom is -0.384 e. The van der Waals surface area contributed by atoms with Gasteiger partial charge in [0.1, 0.15) is 12.2 Å². The van der Waals surface area contributed by atoms with Crippen LogP contribution in [0.5, 0.6) is 0 Å². The van der Waals surface area contributed by atoms with Crippen LogP contribution in [0.3, 0.4) is 0 Å². The quantitative estimate of drug-likeness (QED) is 0.806. The van der Waals surface area contributed by atoms with Crippen LogP contribution in [0, 0.1) is 0 Å². The van der Waals surface area contributed by atoms with Gasteiger partial charge in [-0.2, -0.15) is 0 Å². The lowest BCUT2D eigenvalue weighted by Gasteiger charge is -2.19. The predicted octanol–water partition coefficient (Wildman–Crippen LogP) is 3.01. The maximum absolute atomic E-state index is 10.2. The molecule has 2 heteroatoms. The third-order valence-electron chi connectivity index (χ3n) is 2.93. The minimum absolute atomic E-state index is 0.382. The maximum Gasteiger partial charge on any atom is 0.103 e. The highest BCUT2D eigenvalue weighted by Crippen LogP contribution is 2.30. The van der Waals surface area contributed by atoms with E-state index in [1.54, 1.807) is 0 Å². The fourth-order valence-corrected chi connectivity index (χ4v) is 1.85. The largest absolute Gasteiger partial charge is 0.384 e. The summed E-state index contributed by atoms with van der Waals surface area (Å²) in [6.07, 6.45) is -1.72. The third kappa shape index (κ3) is 2.67. The van der Waals surface area contributed by atoms with E-state index in [2.05, 4.69) is 6.58 Å². The van der Waals surface area contributed by atoms with Gasteiger partial charge in [0.25, 0.3) is 0 Å². The van der Waals surface area contributed by atoms with Crippen LogP contribution in [0.1, 0.15) is 23.3 Å². The Kier molecular flexibility index (Phi) is 3.92. The van der Waals surface area contributed by atoms with Crippen molar-refractivity contribution in [1.82, 2.24) is 0 Å². The molecule has 0 aromatic heterocycles. The van der Waals surface area contributed by atoms with Crippen molar-refractivity contribution in [1.29, 1.82) is 0 Å². The van der Waals surface area contributed by atoms with Crippen LogP contribution in [0.2, 0.25) is 0 Å². The van der Waals surface area contributed by atoms with Gasteiger partial charge in [-0.15, -0.1) is 0 Å². The summed E-state index contributed by atoms with van der Waals surface area (Å²) < 4.78 is 0. The molecule has 0 bridgehead atoms. The van der Waals surface area contributed by atoms with Crippen LogP contribution in [0.25, 0.3) is 0 Å². The van der Waals surface area contributed by atoms with Crippen LogP contribution in [-0.2, 0) is 0 Å². The SMILES string of the molecule is C=C(C(O)c1ccccc1)C(O)c1ccccc1. The van der Waals surface area contributed by atoms with Gasteiger partial charge in [0, 0.05) is 0 Å². The van der Waals surface area contributed by atoms with E-state index in [9.17, 15) is 10.2 Å². The Morgan fingerprint density at radius 2 is 1.06 bits per heavy atom. The highest BCUT2D eigenvalue weighted by atomic mass is 16.3. The first-order chi connectivity index (χ1) is 8.70. The molecule has 0 radical (unpaired) electrons. The van der Waals surface area contributed by atoms with Crippen molar-refractivity contribution in [3.8, 4) is 0 Å². The second kappa shape index (κ2) is 5.63. The van der Waals surface area contributed by atoms with Crippen LogP contribution >= 0.6 is 0 Å². The Morgan fingerprint density at radius 1 is 0.722 bits per heavy atom. The zero-order valence-electron chi connectivity index (χ0n) is 10.0. The van der Waals surface area contributed by atoms with E-state index in [1.807, 2.05) is 60.7 Å². The standard InChI is InChI=1S/C16H16O2/c1-12(15(17)13-8-4-2-5-9-13)16(18)14-10-6-3-7-11-14/h2-11,15-18H,1H2. The van der Waals surface area contributed by atoms with E-state index in [-0.39, 0.29) is 0 Å². The van der Waals surface area contributed by atoms with Crippen molar-refractivity contribution >= 4 is 0 Å². The number of aliphatic hydroxyl groups is 2. The topological polar surface area (TPSA) is 40.5 Å². The minimum atomic E-state index is -0.860. The van der Waals surface area contributed by atoms with Gasteiger partial charge >= 0.3 is 0 Å². The Balaban J connectivity index is 2.17. The fraction of sp³-hybridized carbons (Fsp3) is 0.125. The first kappa shape index (κ1) is 12.6. The molecule has 0 aliphatic carbocycles. The van der Waals surface area contributed by atoms with Gasteiger partial charge in [-0.1, -0.05) is 67.2 Å². The number of hydrogen-bond acceptors (Lipinski definition) is 2. The molecule has 0 aliphatic heterocycles. The van der Waals surface area contributed by atoms with Gasteiger partial charge in [0.2, 0.25) is 0 Å². The Hall–Kier alpha value is -1.90. The summed E-state index contributed by atoms with van der Waals surface area (Å²) in [4.78, 5) is 0. The van der Waals surface area contributed by atoms with E-state index in [0.717, 1.165) is 11.1 Å². The molecular weight excluding hydrogens is 224 g/mol. The first-order valence-electron chi connectivity index (χ1n) is 5.85. The van der Waals surface area contributed by atoms with E-state index in [0.29, 0.717) is 5.57 Å². The van der Waals surface area contributed by atoms with Crippen molar-refractivity contribution in [3.05, 3.63) is 83.9 Å². The average Bonchev–Trinajstić information content (AvgIpc) is 2.47. The summed E-state index contributed by atoms with van der Waals surface area (Å²) in [6.45, 7) is 3.81. The molecule has 0 amide bonds. The molecule has 2 unspecified atom stereocenters. The van der Waals surface area contributed by atoms with Gasteiger partial charge in [-0.3, -0.25) is 0 Å². The first-order valence-corrected chi connectivity index (χ1v) is 5.85. The van der Waals surface area contributed by atoms with E-state index in [4.69, 9.17) is 0 Å². The van der Waals surface area contributed by atoms with Crippen molar-refractivity contribution in [2.45, 2.75) is 12.2 Å². The summed E-state index contributed by atoms with van der Waals surface area (Å²) in [7, 11) is 0. The van der Waals surface area contributed by atoms with Crippen molar-refractivity contribution < 1.29 is 10.2 Å². The molecule has 0 saturated heterocycles. The molecule has 0 spiro atoms. The van der Waals surface area contributed by atoms with Crippen LogP contribution in [0.4, 0.5) is 0 Å². The molecule has 92 valence electrons. The number of hydrogen-bond donors (Lipinski definition) is 2. The van der Waals surface area contributed by atoms with Crippen LogP contribution < -0.4 is 0 Å². The number of rotatable bonds is 4. The lowest BCUT2D eigenvalue weighted by atomic mass is 9.94. The third-order valence-corrected chi connectivity index (χ3v) is 2.93. The Bertz CT molecular complexity index is 458. The van der Waals surface area contributed by atoms with Gasteiger partial charge in [-0.05, 0) is 16.7 Å². The Labute approximate surface area is 107 Å². The summed E-state index contributed by atoms with van der Waals surface area (Å²) in [5.41, 5.74) is 1.85. The van der Waals surface area contributed by atoms with Crippen LogP contribution in [0.15, 0.2) is 72.8 Å². The van der Waals surface area contributed by atoms with E-state index >= 15 is 0 Å². The number of benzene rings is 2. The molecule has 0 saturated carbocycles. The highest BCUT2D eigenvalue weighted by molar-refractivity contribution is 5.31. The summed E-state index contributed by atoms with van der Waals surface area (Å²) in [5, 5.41) is 20.3. The molecule has 0 fully saturated rings. The summed E-state index contributed by atoms with van der Waals surface area (Å²) in [6, 6.07) is 18.4. The average molecular weight is 240 g/mol. The normalized spacial score (nSPS) is 13.9. The van der Waals surface area contributed by atoms with Gasteiger partial charge in [-0.25, -0.2) is 0 Å². The molecule has 18 heavy (non-hydrogen) atoms. The zero-order valence-corrected chi connectivity index (χ0v) is 10.0. The molecule has 0 heterocycles. The molecule has 2 N–H and O–H groups in total. The number of aliphatic hydroxyl groups excluding tert-OH is 2. The van der Waals surface area contributed by atoms with Crippen molar-refractivity contribution in [2.75, 3.05) is 0 Å². The van der Waals surface area contributed by atoms with Crippen molar-refractivity contribution in [2.24, 2.45) is 0 Å². The molecule has 2 aromatic rings. The molecule has 2 nitrogen and oxygen atoms in total. The fourth-order valence-electron chi connectivity index (χ4n) is 1.85. The second-order valence-electron chi connectivity index (χ2n) is 4.20. The lowest BCUT2D eigenvalue weighted by molar-refractivity contribution is 0.146. The molecule has 2 rings (SSSR count). The Morgan fingerprint density at radius 3 is 1.39 bits per heavy atom. The molecule has 2 atom stereocenters. The predicted molar refractivity (Wildman–Crippen MR) is 71.9 cm³/mol.